The van der Waals surface area contributed by atoms with Gasteiger partial charge in [0.15, 0.2) is 0 Å². The Bertz CT molecular complexity index is 532. The van der Waals surface area contributed by atoms with Crippen molar-refractivity contribution in [3.63, 3.8) is 0 Å². The first kappa shape index (κ1) is 10.5. The largest absolute Gasteiger partial charge is 0.398 e. The zero-order chi connectivity index (χ0) is 11.5. The monoisotopic (exact) mass is 213 g/mol. The molecule has 0 radical (unpaired) electrons. The van der Waals surface area contributed by atoms with Crippen LogP contribution < -0.4 is 11.1 Å². The van der Waals surface area contributed by atoms with Gasteiger partial charge in [0.2, 0.25) is 0 Å². The Morgan fingerprint density at radius 1 is 1.38 bits per heavy atom. The van der Waals surface area contributed by atoms with Crippen LogP contribution in [0.4, 0.5) is 11.4 Å². The summed E-state index contributed by atoms with van der Waals surface area (Å²) in [6.45, 7) is 6.61. The number of rotatable bonds is 3. The molecule has 0 atom stereocenters. The molecular formula is C13H15N3. The molecule has 0 unspecified atom stereocenters. The van der Waals surface area contributed by atoms with Crippen LogP contribution >= 0.6 is 0 Å². The number of nitrogen functional groups attached to an aromatic ring is 1. The van der Waals surface area contributed by atoms with Crippen molar-refractivity contribution in [2.24, 2.45) is 0 Å². The van der Waals surface area contributed by atoms with Gasteiger partial charge in [-0.1, -0.05) is 12.2 Å². The van der Waals surface area contributed by atoms with E-state index in [4.69, 9.17) is 5.73 Å². The number of nitrogens with one attached hydrogen (secondary N) is 1. The van der Waals surface area contributed by atoms with Gasteiger partial charge in [0.1, 0.15) is 0 Å². The Hall–Kier alpha value is -2.03. The summed E-state index contributed by atoms with van der Waals surface area (Å²) in [5.74, 6) is 0. The number of nitrogens with two attached hydrogens (primary N) is 1. The molecule has 2 rings (SSSR count). The fourth-order valence-corrected chi connectivity index (χ4v) is 1.61. The lowest BCUT2D eigenvalue weighted by Crippen LogP contribution is -2.03. The first-order valence-corrected chi connectivity index (χ1v) is 5.19. The van der Waals surface area contributed by atoms with Crippen molar-refractivity contribution in [2.45, 2.75) is 6.92 Å². The van der Waals surface area contributed by atoms with Crippen molar-refractivity contribution in [2.75, 3.05) is 17.6 Å². The van der Waals surface area contributed by atoms with Crippen LogP contribution in [-0.2, 0) is 0 Å². The van der Waals surface area contributed by atoms with Crippen LogP contribution in [0, 0.1) is 0 Å². The van der Waals surface area contributed by atoms with E-state index in [1.807, 2.05) is 31.3 Å². The van der Waals surface area contributed by atoms with Gasteiger partial charge in [-0.25, -0.2) is 0 Å². The lowest BCUT2D eigenvalue weighted by atomic mass is 10.1. The van der Waals surface area contributed by atoms with E-state index in [0.29, 0.717) is 0 Å². The van der Waals surface area contributed by atoms with Gasteiger partial charge in [-0.3, -0.25) is 4.98 Å². The number of hydrogen-bond acceptors (Lipinski definition) is 3. The van der Waals surface area contributed by atoms with Crippen LogP contribution in [0.25, 0.3) is 10.8 Å². The molecule has 0 amide bonds. The Morgan fingerprint density at radius 2 is 2.19 bits per heavy atom. The standard InChI is InChI=1S/C13H15N3/c1-9(2)7-16-13-4-3-12(14)10-5-6-15-8-11(10)13/h3-6,8,16H,1,7,14H2,2H3. The van der Waals surface area contributed by atoms with E-state index in [2.05, 4.69) is 16.9 Å². The predicted molar refractivity (Wildman–Crippen MR) is 69.5 cm³/mol. The molecule has 1 aromatic carbocycles. The lowest BCUT2D eigenvalue weighted by Gasteiger charge is -2.10. The van der Waals surface area contributed by atoms with E-state index in [-0.39, 0.29) is 0 Å². The summed E-state index contributed by atoms with van der Waals surface area (Å²) >= 11 is 0. The van der Waals surface area contributed by atoms with E-state index in [1.165, 1.54) is 0 Å². The number of benzene rings is 1. The molecule has 2 aromatic rings. The summed E-state index contributed by atoms with van der Waals surface area (Å²) in [4.78, 5) is 4.12. The molecule has 16 heavy (non-hydrogen) atoms. The summed E-state index contributed by atoms with van der Waals surface area (Å²) in [5.41, 5.74) is 8.82. The zero-order valence-electron chi connectivity index (χ0n) is 9.33. The van der Waals surface area contributed by atoms with Gasteiger partial charge in [-0.05, 0) is 25.1 Å². The summed E-state index contributed by atoms with van der Waals surface area (Å²) in [6.07, 6.45) is 3.58. The Balaban J connectivity index is 2.46. The minimum atomic E-state index is 0.758. The van der Waals surface area contributed by atoms with E-state index >= 15 is 0 Å². The second kappa shape index (κ2) is 4.23. The molecule has 0 spiro atoms. The van der Waals surface area contributed by atoms with Gasteiger partial charge in [0.05, 0.1) is 0 Å². The Kier molecular flexibility index (Phi) is 2.77. The quantitative estimate of drug-likeness (QED) is 0.609. The molecule has 0 aliphatic carbocycles. The molecule has 1 heterocycles. The average Bonchev–Trinajstić information content (AvgIpc) is 2.28. The molecule has 3 heteroatoms. The van der Waals surface area contributed by atoms with Crippen molar-refractivity contribution in [1.29, 1.82) is 0 Å². The Labute approximate surface area is 95.0 Å². The third-order valence-electron chi connectivity index (χ3n) is 2.43. The normalized spacial score (nSPS) is 10.3. The minimum absolute atomic E-state index is 0.758. The Morgan fingerprint density at radius 3 is 2.94 bits per heavy atom. The SMILES string of the molecule is C=C(C)CNc1ccc(N)c2ccncc12. The van der Waals surface area contributed by atoms with E-state index in [0.717, 1.165) is 34.3 Å². The molecule has 82 valence electrons. The first-order chi connectivity index (χ1) is 7.68. The smallest absolute Gasteiger partial charge is 0.0439 e. The number of fused-ring (bicyclic) bond motifs is 1. The number of aromatic nitrogens is 1. The maximum absolute atomic E-state index is 5.91. The van der Waals surface area contributed by atoms with E-state index in [1.54, 1.807) is 6.20 Å². The van der Waals surface area contributed by atoms with Crippen molar-refractivity contribution in [3.05, 3.63) is 42.7 Å². The molecule has 0 fully saturated rings. The minimum Gasteiger partial charge on any atom is -0.398 e. The van der Waals surface area contributed by atoms with Gasteiger partial charge >= 0.3 is 0 Å². The predicted octanol–water partition coefficient (Wildman–Crippen LogP) is 2.81. The summed E-state index contributed by atoms with van der Waals surface area (Å²) < 4.78 is 0. The highest BCUT2D eigenvalue weighted by Crippen LogP contribution is 2.27. The van der Waals surface area contributed by atoms with E-state index < -0.39 is 0 Å². The van der Waals surface area contributed by atoms with Crippen molar-refractivity contribution < 1.29 is 0 Å². The summed E-state index contributed by atoms with van der Waals surface area (Å²) in [7, 11) is 0. The number of hydrogen-bond donors (Lipinski definition) is 2. The molecule has 0 saturated carbocycles. The zero-order valence-corrected chi connectivity index (χ0v) is 9.33. The summed E-state index contributed by atoms with van der Waals surface area (Å²) in [5, 5.41) is 5.39. The average molecular weight is 213 g/mol. The maximum Gasteiger partial charge on any atom is 0.0439 e. The van der Waals surface area contributed by atoms with Crippen molar-refractivity contribution in [3.8, 4) is 0 Å². The highest BCUT2D eigenvalue weighted by atomic mass is 14.9. The highest BCUT2D eigenvalue weighted by Gasteiger charge is 2.03. The molecule has 0 aliphatic heterocycles. The molecule has 0 aliphatic rings. The number of pyridine rings is 1. The van der Waals surface area contributed by atoms with Crippen LogP contribution in [0.3, 0.4) is 0 Å². The third-order valence-corrected chi connectivity index (χ3v) is 2.43. The van der Waals surface area contributed by atoms with E-state index in [9.17, 15) is 0 Å². The second-order valence-electron chi connectivity index (χ2n) is 3.93. The van der Waals surface area contributed by atoms with Crippen molar-refractivity contribution >= 4 is 22.1 Å². The number of nitrogens with zero attached hydrogens (tertiary/aromatic N) is 1. The van der Waals surface area contributed by atoms with Gasteiger partial charge in [-0.15, -0.1) is 0 Å². The lowest BCUT2D eigenvalue weighted by molar-refractivity contribution is 1.22. The molecule has 0 bridgehead atoms. The molecular weight excluding hydrogens is 198 g/mol. The molecule has 0 saturated heterocycles. The van der Waals surface area contributed by atoms with Gasteiger partial charge in [-0.2, -0.15) is 0 Å². The molecule has 1 aromatic heterocycles. The van der Waals surface area contributed by atoms with Crippen molar-refractivity contribution in [1.82, 2.24) is 4.98 Å². The van der Waals surface area contributed by atoms with Crippen LogP contribution in [0.15, 0.2) is 42.7 Å². The third kappa shape index (κ3) is 1.98. The first-order valence-electron chi connectivity index (χ1n) is 5.19. The fraction of sp³-hybridized carbons (Fsp3) is 0.154. The van der Waals surface area contributed by atoms with Crippen LogP contribution in [0.2, 0.25) is 0 Å². The summed E-state index contributed by atoms with van der Waals surface area (Å²) in [6, 6.07) is 5.81. The molecule has 3 nitrogen and oxygen atoms in total. The van der Waals surface area contributed by atoms with Gasteiger partial charge in [0, 0.05) is 41.1 Å². The number of anilines is 2. The van der Waals surface area contributed by atoms with Crippen LogP contribution in [0.5, 0.6) is 0 Å². The fourth-order valence-electron chi connectivity index (χ4n) is 1.61. The molecule has 3 N–H and O–H groups in total. The topological polar surface area (TPSA) is 50.9 Å². The second-order valence-corrected chi connectivity index (χ2v) is 3.93. The van der Waals surface area contributed by atoms with Crippen LogP contribution in [-0.4, -0.2) is 11.5 Å². The van der Waals surface area contributed by atoms with Gasteiger partial charge < -0.3 is 11.1 Å². The van der Waals surface area contributed by atoms with Gasteiger partial charge in [0.25, 0.3) is 0 Å². The highest BCUT2D eigenvalue weighted by molar-refractivity contribution is 6.00. The van der Waals surface area contributed by atoms with Crippen LogP contribution in [0.1, 0.15) is 6.92 Å². The maximum atomic E-state index is 5.91.